The summed E-state index contributed by atoms with van der Waals surface area (Å²) in [5, 5.41) is 8.64. The molecule has 0 saturated carbocycles. The van der Waals surface area contributed by atoms with E-state index in [0.29, 0.717) is 0 Å². The van der Waals surface area contributed by atoms with Gasteiger partial charge in [-0.1, -0.05) is 30.3 Å². The van der Waals surface area contributed by atoms with Gasteiger partial charge in [0.1, 0.15) is 0 Å². The molecule has 0 spiro atoms. The first kappa shape index (κ1) is 12.3. The number of carboxylic acids is 1. The summed E-state index contributed by atoms with van der Waals surface area (Å²) >= 11 is 0. The predicted octanol–water partition coefficient (Wildman–Crippen LogP) is -1.01. The maximum atomic E-state index is 10.5. The molecule has 0 aliphatic carbocycles. The van der Waals surface area contributed by atoms with Gasteiger partial charge in [-0.05, 0) is 12.5 Å². The largest absolute Gasteiger partial charge is 1.00 e. The summed E-state index contributed by atoms with van der Waals surface area (Å²) in [6.45, 7) is 1.68. The molecule has 0 fully saturated rings. The summed E-state index contributed by atoms with van der Waals surface area (Å²) in [4.78, 5) is 10.5. The van der Waals surface area contributed by atoms with Gasteiger partial charge in [0.15, 0.2) is 0 Å². The fourth-order valence-corrected chi connectivity index (χ4v) is 0.884. The molecule has 0 aromatic heterocycles. The number of carbonyl (C=O) groups is 1. The van der Waals surface area contributed by atoms with Crippen LogP contribution in [0.3, 0.4) is 0 Å². The van der Waals surface area contributed by atoms with Gasteiger partial charge in [0.25, 0.3) is 0 Å². The third kappa shape index (κ3) is 3.37. The molecule has 0 bridgehead atoms. The summed E-state index contributed by atoms with van der Waals surface area (Å²) in [6, 6.07) is 9.19. The van der Waals surface area contributed by atoms with E-state index in [0.717, 1.165) is 5.56 Å². The molecule has 0 aliphatic heterocycles. The molecule has 0 saturated heterocycles. The molecule has 0 amide bonds. The van der Waals surface area contributed by atoms with Gasteiger partial charge in [-0.2, -0.15) is 0 Å². The molecule has 1 N–H and O–H groups in total. The summed E-state index contributed by atoms with van der Waals surface area (Å²) < 4.78 is 0. The molecule has 1 aromatic rings. The van der Waals surface area contributed by atoms with Crippen LogP contribution in [0.15, 0.2) is 30.3 Å². The zero-order valence-corrected chi connectivity index (χ0v) is 10.4. The van der Waals surface area contributed by atoms with Crippen LogP contribution in [0, 0.1) is 0 Å². The number of rotatable bonds is 2. The Morgan fingerprint density at radius 3 is 2.33 bits per heavy atom. The summed E-state index contributed by atoms with van der Waals surface area (Å²) in [5.41, 5.74) is 0.847. The molecule has 60 valence electrons. The molecular weight excluding hydrogens is 179 g/mol. The number of hydrogen-bond donors (Lipinski definition) is 1. The van der Waals surface area contributed by atoms with Gasteiger partial charge in [0.05, 0.1) is 5.92 Å². The minimum Gasteiger partial charge on any atom is -1.00 e. The third-order valence-corrected chi connectivity index (χ3v) is 1.67. The zero-order chi connectivity index (χ0) is 8.27. The van der Waals surface area contributed by atoms with Crippen LogP contribution in [0.5, 0.6) is 0 Å². The maximum absolute atomic E-state index is 10.5. The monoisotopic (exact) mass is 190 g/mol. The van der Waals surface area contributed by atoms with Crippen molar-refractivity contribution in [1.29, 1.82) is 0 Å². The van der Waals surface area contributed by atoms with Crippen molar-refractivity contribution in [2.24, 2.45) is 0 Å². The van der Waals surface area contributed by atoms with Crippen LogP contribution in [0.25, 0.3) is 0 Å². The summed E-state index contributed by atoms with van der Waals surface area (Å²) in [5.74, 6) is -1.19. The van der Waals surface area contributed by atoms with E-state index in [1.807, 2.05) is 30.3 Å². The van der Waals surface area contributed by atoms with Crippen molar-refractivity contribution in [1.82, 2.24) is 0 Å². The van der Waals surface area contributed by atoms with Crippen molar-refractivity contribution in [3.8, 4) is 0 Å². The molecular formula is C9H11KO2. The van der Waals surface area contributed by atoms with Gasteiger partial charge in [0.2, 0.25) is 0 Å². The first-order chi connectivity index (χ1) is 5.22. The number of carboxylic acid groups (broad SMARTS) is 1. The average molecular weight is 190 g/mol. The van der Waals surface area contributed by atoms with Crippen LogP contribution in [0.2, 0.25) is 0 Å². The van der Waals surface area contributed by atoms with Gasteiger partial charge < -0.3 is 6.53 Å². The smallest absolute Gasteiger partial charge is 1.00 e. The Bertz CT molecular complexity index is 251. The SMILES string of the molecule is CC(C(=O)O)c1ccccc1.[H-].[K+]. The molecule has 0 radical (unpaired) electrons. The van der Waals surface area contributed by atoms with Crippen LogP contribution in [-0.4, -0.2) is 11.1 Å². The summed E-state index contributed by atoms with van der Waals surface area (Å²) in [6.07, 6.45) is 0. The maximum Gasteiger partial charge on any atom is 1.00 e. The first-order valence-corrected chi connectivity index (χ1v) is 3.49. The van der Waals surface area contributed by atoms with E-state index in [4.69, 9.17) is 5.11 Å². The molecule has 0 heterocycles. The van der Waals surface area contributed by atoms with Gasteiger partial charge >= 0.3 is 57.4 Å². The molecule has 1 unspecified atom stereocenters. The van der Waals surface area contributed by atoms with Crippen LogP contribution in [-0.2, 0) is 4.79 Å². The van der Waals surface area contributed by atoms with E-state index in [1.165, 1.54) is 0 Å². The van der Waals surface area contributed by atoms with Crippen LogP contribution in [0.4, 0.5) is 0 Å². The summed E-state index contributed by atoms with van der Waals surface area (Å²) in [7, 11) is 0. The Balaban J connectivity index is 0. The minimum absolute atomic E-state index is 0. The minimum atomic E-state index is -0.781. The van der Waals surface area contributed by atoms with E-state index < -0.39 is 11.9 Å². The van der Waals surface area contributed by atoms with Crippen LogP contribution >= 0.6 is 0 Å². The van der Waals surface area contributed by atoms with Crippen molar-refractivity contribution in [3.63, 3.8) is 0 Å². The fourth-order valence-electron chi connectivity index (χ4n) is 0.884. The Morgan fingerprint density at radius 2 is 1.92 bits per heavy atom. The first-order valence-electron chi connectivity index (χ1n) is 3.49. The van der Waals surface area contributed by atoms with Gasteiger partial charge in [0, 0.05) is 0 Å². The predicted molar refractivity (Wildman–Crippen MR) is 43.6 cm³/mol. The van der Waals surface area contributed by atoms with Crippen molar-refractivity contribution < 1.29 is 62.7 Å². The molecule has 0 aliphatic rings. The van der Waals surface area contributed by atoms with E-state index in [-0.39, 0.29) is 52.8 Å². The fraction of sp³-hybridized carbons (Fsp3) is 0.222. The molecule has 12 heavy (non-hydrogen) atoms. The van der Waals surface area contributed by atoms with Gasteiger partial charge in [-0.3, -0.25) is 4.79 Å². The topological polar surface area (TPSA) is 37.3 Å². The molecule has 3 heteroatoms. The van der Waals surface area contributed by atoms with Gasteiger partial charge in [-0.15, -0.1) is 0 Å². The molecule has 1 aromatic carbocycles. The van der Waals surface area contributed by atoms with Gasteiger partial charge in [-0.25, -0.2) is 0 Å². The van der Waals surface area contributed by atoms with Crippen molar-refractivity contribution in [2.45, 2.75) is 12.8 Å². The van der Waals surface area contributed by atoms with E-state index in [1.54, 1.807) is 6.92 Å². The quantitative estimate of drug-likeness (QED) is 0.607. The van der Waals surface area contributed by atoms with Crippen LogP contribution in [0.1, 0.15) is 19.8 Å². The van der Waals surface area contributed by atoms with Crippen molar-refractivity contribution in [2.75, 3.05) is 0 Å². The van der Waals surface area contributed by atoms with Crippen molar-refractivity contribution >= 4 is 5.97 Å². The van der Waals surface area contributed by atoms with E-state index in [9.17, 15) is 4.79 Å². The third-order valence-electron chi connectivity index (χ3n) is 1.67. The van der Waals surface area contributed by atoms with E-state index in [2.05, 4.69) is 0 Å². The number of benzene rings is 1. The molecule has 1 rings (SSSR count). The Labute approximate surface area is 116 Å². The second kappa shape index (κ2) is 5.88. The molecule has 1 atom stereocenters. The number of hydrogen-bond acceptors (Lipinski definition) is 1. The Morgan fingerprint density at radius 1 is 1.42 bits per heavy atom. The van der Waals surface area contributed by atoms with E-state index >= 15 is 0 Å². The average Bonchev–Trinajstić information content (AvgIpc) is 2.05. The Kier molecular flexibility index (Phi) is 6.04. The zero-order valence-electron chi connectivity index (χ0n) is 8.32. The van der Waals surface area contributed by atoms with Crippen molar-refractivity contribution in [3.05, 3.63) is 35.9 Å². The van der Waals surface area contributed by atoms with Crippen LogP contribution < -0.4 is 51.4 Å². The Hall–Kier alpha value is 0.326. The second-order valence-electron chi connectivity index (χ2n) is 2.47. The normalized spacial score (nSPS) is 11.4. The second-order valence-corrected chi connectivity index (χ2v) is 2.47. The molecule has 2 nitrogen and oxygen atoms in total. The number of aliphatic carboxylic acids is 1. The standard InChI is InChI=1S/C9H10O2.K.H/c1-7(9(10)11)8-5-3-2-4-6-8;;/h2-7H,1H3,(H,10,11);;/q;+1;-1.